The average molecular weight is 206 g/mol. The molecule has 1 fully saturated rings. The van der Waals surface area contributed by atoms with E-state index in [1.807, 2.05) is 37.3 Å². The topological polar surface area (TPSA) is 29.5 Å². The zero-order valence-corrected chi connectivity index (χ0v) is 9.15. The van der Waals surface area contributed by atoms with E-state index >= 15 is 0 Å². The summed E-state index contributed by atoms with van der Waals surface area (Å²) >= 11 is 0. The molecule has 1 aromatic rings. The fraction of sp³-hybridized carbons (Fsp3) is 0.538. The Morgan fingerprint density at radius 1 is 1.27 bits per heavy atom. The van der Waals surface area contributed by atoms with Gasteiger partial charge in [0.2, 0.25) is 0 Å². The van der Waals surface area contributed by atoms with Gasteiger partial charge in [-0.2, -0.15) is 0 Å². The molecule has 1 aromatic carbocycles. The second kappa shape index (κ2) is 4.23. The Balaban J connectivity index is 2.05. The maximum atomic E-state index is 10.2. The minimum absolute atomic E-state index is 0.0614. The Kier molecular flexibility index (Phi) is 2.96. The lowest BCUT2D eigenvalue weighted by atomic mass is 9.84. The van der Waals surface area contributed by atoms with Crippen molar-refractivity contribution in [3.63, 3.8) is 0 Å². The van der Waals surface area contributed by atoms with Gasteiger partial charge in [-0.05, 0) is 38.3 Å². The molecule has 1 saturated carbocycles. The van der Waals surface area contributed by atoms with Gasteiger partial charge < -0.3 is 9.84 Å². The summed E-state index contributed by atoms with van der Waals surface area (Å²) in [6.45, 7) is 1.87. The molecular weight excluding hydrogens is 188 g/mol. The molecule has 0 unspecified atom stereocenters. The van der Waals surface area contributed by atoms with Gasteiger partial charge in [0.1, 0.15) is 11.9 Å². The highest BCUT2D eigenvalue weighted by molar-refractivity contribution is 5.21. The third-order valence-electron chi connectivity index (χ3n) is 3.11. The molecule has 2 atom stereocenters. The molecule has 1 N–H and O–H groups in total. The number of aliphatic hydroxyl groups is 1. The molecule has 0 heterocycles. The monoisotopic (exact) mass is 206 g/mol. The summed E-state index contributed by atoms with van der Waals surface area (Å²) in [6.07, 6.45) is 3.97. The summed E-state index contributed by atoms with van der Waals surface area (Å²) < 4.78 is 5.82. The Bertz CT molecular complexity index is 306. The van der Waals surface area contributed by atoms with Crippen LogP contribution in [-0.2, 0) is 0 Å². The van der Waals surface area contributed by atoms with Crippen molar-refractivity contribution in [3.05, 3.63) is 30.3 Å². The predicted octanol–water partition coefficient (Wildman–Crippen LogP) is 2.76. The maximum Gasteiger partial charge on any atom is 0.127 e. The third kappa shape index (κ3) is 2.51. The first-order valence-corrected chi connectivity index (χ1v) is 5.62. The zero-order chi connectivity index (χ0) is 10.7. The van der Waals surface area contributed by atoms with E-state index in [4.69, 9.17) is 4.74 Å². The van der Waals surface area contributed by atoms with Gasteiger partial charge in [0.25, 0.3) is 0 Å². The number of para-hydroxylation sites is 1. The molecule has 0 radical (unpaired) electrons. The minimum atomic E-state index is -0.673. The standard InChI is InChI=1S/C13H18O2/c1-13(14)10-6-5-9-12(13)15-11-7-3-2-4-8-11/h2-4,7-8,12,14H,5-6,9-10H2,1H3/t12-,13-/m0/s1. The lowest BCUT2D eigenvalue weighted by Crippen LogP contribution is -2.45. The maximum absolute atomic E-state index is 10.2. The molecular formula is C13H18O2. The molecule has 15 heavy (non-hydrogen) atoms. The van der Waals surface area contributed by atoms with E-state index in [1.54, 1.807) is 0 Å². The molecule has 0 spiro atoms. The van der Waals surface area contributed by atoms with E-state index in [-0.39, 0.29) is 6.10 Å². The van der Waals surface area contributed by atoms with Crippen molar-refractivity contribution in [2.24, 2.45) is 0 Å². The van der Waals surface area contributed by atoms with Crippen LogP contribution in [0.15, 0.2) is 30.3 Å². The van der Waals surface area contributed by atoms with Crippen LogP contribution in [0.25, 0.3) is 0 Å². The van der Waals surface area contributed by atoms with Crippen molar-refractivity contribution >= 4 is 0 Å². The summed E-state index contributed by atoms with van der Waals surface area (Å²) in [5, 5.41) is 10.2. The van der Waals surface area contributed by atoms with Crippen LogP contribution in [0.4, 0.5) is 0 Å². The molecule has 2 rings (SSSR count). The van der Waals surface area contributed by atoms with E-state index in [2.05, 4.69) is 0 Å². The molecule has 82 valence electrons. The van der Waals surface area contributed by atoms with Crippen molar-refractivity contribution in [1.29, 1.82) is 0 Å². The summed E-state index contributed by atoms with van der Waals surface area (Å²) in [6, 6.07) is 9.74. The minimum Gasteiger partial charge on any atom is -0.487 e. The van der Waals surface area contributed by atoms with Crippen LogP contribution < -0.4 is 4.74 Å². The van der Waals surface area contributed by atoms with Gasteiger partial charge in [-0.1, -0.05) is 24.6 Å². The van der Waals surface area contributed by atoms with Gasteiger partial charge in [-0.15, -0.1) is 0 Å². The lowest BCUT2D eigenvalue weighted by molar-refractivity contribution is -0.0736. The Labute approximate surface area is 90.9 Å². The molecule has 0 saturated heterocycles. The number of benzene rings is 1. The molecule has 1 aliphatic carbocycles. The van der Waals surface area contributed by atoms with Gasteiger partial charge in [-0.3, -0.25) is 0 Å². The first-order chi connectivity index (χ1) is 7.18. The first kappa shape index (κ1) is 10.5. The predicted molar refractivity (Wildman–Crippen MR) is 59.9 cm³/mol. The fourth-order valence-corrected chi connectivity index (χ4v) is 2.13. The number of ether oxygens (including phenoxy) is 1. The lowest BCUT2D eigenvalue weighted by Gasteiger charge is -2.36. The van der Waals surface area contributed by atoms with E-state index in [9.17, 15) is 5.11 Å². The molecule has 0 aromatic heterocycles. The number of rotatable bonds is 2. The highest BCUT2D eigenvalue weighted by Crippen LogP contribution is 2.31. The SMILES string of the molecule is C[C@]1(O)CCCC[C@@H]1Oc1ccccc1. The van der Waals surface area contributed by atoms with E-state index in [0.29, 0.717) is 0 Å². The van der Waals surface area contributed by atoms with Crippen LogP contribution in [-0.4, -0.2) is 16.8 Å². The van der Waals surface area contributed by atoms with Crippen molar-refractivity contribution in [1.82, 2.24) is 0 Å². The molecule has 2 nitrogen and oxygen atoms in total. The zero-order valence-electron chi connectivity index (χ0n) is 9.15. The van der Waals surface area contributed by atoms with Crippen LogP contribution in [0.1, 0.15) is 32.6 Å². The smallest absolute Gasteiger partial charge is 0.127 e. The molecule has 2 heteroatoms. The second-order valence-corrected chi connectivity index (χ2v) is 4.52. The largest absolute Gasteiger partial charge is 0.487 e. The van der Waals surface area contributed by atoms with E-state index < -0.39 is 5.60 Å². The summed E-state index contributed by atoms with van der Waals surface area (Å²) in [7, 11) is 0. The highest BCUT2D eigenvalue weighted by atomic mass is 16.5. The normalized spacial score (nSPS) is 31.2. The number of hydrogen-bond donors (Lipinski definition) is 1. The third-order valence-corrected chi connectivity index (χ3v) is 3.11. The summed E-state index contributed by atoms with van der Waals surface area (Å²) in [5.74, 6) is 0.852. The van der Waals surface area contributed by atoms with Crippen molar-refractivity contribution in [3.8, 4) is 5.75 Å². The van der Waals surface area contributed by atoms with Crippen LogP contribution in [0.2, 0.25) is 0 Å². The Hall–Kier alpha value is -1.02. The average Bonchev–Trinajstić information content (AvgIpc) is 2.23. The van der Waals surface area contributed by atoms with Gasteiger partial charge in [0, 0.05) is 0 Å². The molecule has 1 aliphatic rings. The molecule has 0 bridgehead atoms. The van der Waals surface area contributed by atoms with Crippen LogP contribution in [0.3, 0.4) is 0 Å². The quantitative estimate of drug-likeness (QED) is 0.806. The van der Waals surface area contributed by atoms with Crippen LogP contribution in [0.5, 0.6) is 5.75 Å². The van der Waals surface area contributed by atoms with Gasteiger partial charge in [0.15, 0.2) is 0 Å². The van der Waals surface area contributed by atoms with E-state index in [1.165, 1.54) is 0 Å². The summed E-state index contributed by atoms with van der Waals surface area (Å²) in [5.41, 5.74) is -0.673. The number of hydrogen-bond acceptors (Lipinski definition) is 2. The fourth-order valence-electron chi connectivity index (χ4n) is 2.13. The van der Waals surface area contributed by atoms with E-state index in [0.717, 1.165) is 31.4 Å². The molecule has 0 aliphatic heterocycles. The molecule has 0 amide bonds. The van der Waals surface area contributed by atoms with Crippen molar-refractivity contribution < 1.29 is 9.84 Å². The Morgan fingerprint density at radius 3 is 2.67 bits per heavy atom. The highest BCUT2D eigenvalue weighted by Gasteiger charge is 2.36. The van der Waals surface area contributed by atoms with Crippen LogP contribution in [0, 0.1) is 0 Å². The van der Waals surface area contributed by atoms with Crippen molar-refractivity contribution in [2.75, 3.05) is 0 Å². The van der Waals surface area contributed by atoms with Gasteiger partial charge in [0.05, 0.1) is 5.60 Å². The Morgan fingerprint density at radius 2 is 2.00 bits per heavy atom. The summed E-state index contributed by atoms with van der Waals surface area (Å²) in [4.78, 5) is 0. The van der Waals surface area contributed by atoms with Gasteiger partial charge >= 0.3 is 0 Å². The first-order valence-electron chi connectivity index (χ1n) is 5.62. The second-order valence-electron chi connectivity index (χ2n) is 4.52. The van der Waals surface area contributed by atoms with Gasteiger partial charge in [-0.25, -0.2) is 0 Å². The van der Waals surface area contributed by atoms with Crippen molar-refractivity contribution in [2.45, 2.75) is 44.3 Å². The van der Waals surface area contributed by atoms with Crippen LogP contribution >= 0.6 is 0 Å².